The van der Waals surface area contributed by atoms with Crippen molar-refractivity contribution < 1.29 is 4.79 Å². The molecule has 0 bridgehead atoms. The first-order valence-electron chi connectivity index (χ1n) is 6.61. The highest BCUT2D eigenvalue weighted by Gasteiger charge is 2.23. The van der Waals surface area contributed by atoms with Gasteiger partial charge in [0.2, 0.25) is 5.91 Å². The van der Waals surface area contributed by atoms with Crippen molar-refractivity contribution in [1.82, 2.24) is 4.90 Å². The average molecular weight is 299 g/mol. The number of carbonyl (C=O) groups is 1. The van der Waals surface area contributed by atoms with Gasteiger partial charge in [0.25, 0.3) is 0 Å². The molecule has 3 nitrogen and oxygen atoms in total. The van der Waals surface area contributed by atoms with Gasteiger partial charge in [0.05, 0.1) is 6.07 Å². The second kappa shape index (κ2) is 7.47. The Bertz CT molecular complexity index is 622. The van der Waals surface area contributed by atoms with E-state index >= 15 is 0 Å². The third kappa shape index (κ3) is 4.08. The SMILES string of the molecule is N#CCN(Cc1ccccc1)C(=O)C(Cl)c1ccccc1. The molecule has 0 fully saturated rings. The molecule has 0 aliphatic heterocycles. The van der Waals surface area contributed by atoms with Crippen LogP contribution in [0.3, 0.4) is 0 Å². The lowest BCUT2D eigenvalue weighted by Gasteiger charge is -2.22. The van der Waals surface area contributed by atoms with Crippen LogP contribution in [0.2, 0.25) is 0 Å². The van der Waals surface area contributed by atoms with Gasteiger partial charge in [-0.1, -0.05) is 60.7 Å². The van der Waals surface area contributed by atoms with Crippen molar-refractivity contribution in [1.29, 1.82) is 5.26 Å². The van der Waals surface area contributed by atoms with Crippen LogP contribution in [0.4, 0.5) is 0 Å². The molecule has 0 spiro atoms. The molecule has 0 aliphatic rings. The molecular weight excluding hydrogens is 284 g/mol. The van der Waals surface area contributed by atoms with Gasteiger partial charge >= 0.3 is 0 Å². The highest BCUT2D eigenvalue weighted by Crippen LogP contribution is 2.23. The summed E-state index contributed by atoms with van der Waals surface area (Å²) in [5.74, 6) is -0.256. The van der Waals surface area contributed by atoms with Crippen LogP contribution in [0.25, 0.3) is 0 Å². The van der Waals surface area contributed by atoms with Crippen molar-refractivity contribution in [2.75, 3.05) is 6.54 Å². The molecule has 2 aromatic carbocycles. The number of rotatable bonds is 5. The van der Waals surface area contributed by atoms with E-state index in [1.54, 1.807) is 0 Å². The van der Waals surface area contributed by atoms with E-state index in [4.69, 9.17) is 16.9 Å². The molecule has 1 unspecified atom stereocenters. The Morgan fingerprint density at radius 2 is 1.67 bits per heavy atom. The summed E-state index contributed by atoms with van der Waals surface area (Å²) in [7, 11) is 0. The number of nitrogens with zero attached hydrogens (tertiary/aromatic N) is 2. The Hall–Kier alpha value is -2.31. The number of amides is 1. The highest BCUT2D eigenvalue weighted by atomic mass is 35.5. The Morgan fingerprint density at radius 1 is 1.10 bits per heavy atom. The van der Waals surface area contributed by atoms with E-state index in [1.807, 2.05) is 66.7 Å². The van der Waals surface area contributed by atoms with Gasteiger partial charge in [-0.15, -0.1) is 11.6 Å². The number of carbonyl (C=O) groups excluding carboxylic acids is 1. The fraction of sp³-hybridized carbons (Fsp3) is 0.176. The first kappa shape index (κ1) is 15.1. The van der Waals surface area contributed by atoms with Crippen LogP contribution >= 0.6 is 11.6 Å². The fourth-order valence-electron chi connectivity index (χ4n) is 2.03. The molecule has 1 atom stereocenters. The minimum atomic E-state index is -0.775. The minimum Gasteiger partial charge on any atom is -0.323 e. The zero-order valence-electron chi connectivity index (χ0n) is 11.4. The Labute approximate surface area is 129 Å². The smallest absolute Gasteiger partial charge is 0.246 e. The summed E-state index contributed by atoms with van der Waals surface area (Å²) in [6.45, 7) is 0.396. The van der Waals surface area contributed by atoms with Gasteiger partial charge in [-0.3, -0.25) is 4.79 Å². The second-order valence-electron chi connectivity index (χ2n) is 4.61. The Kier molecular flexibility index (Phi) is 5.36. The van der Waals surface area contributed by atoms with Gasteiger partial charge in [0.1, 0.15) is 11.9 Å². The van der Waals surface area contributed by atoms with Crippen molar-refractivity contribution in [2.45, 2.75) is 11.9 Å². The summed E-state index contributed by atoms with van der Waals surface area (Å²) < 4.78 is 0. The summed E-state index contributed by atoms with van der Waals surface area (Å²) in [6, 6.07) is 20.7. The molecule has 21 heavy (non-hydrogen) atoms. The zero-order chi connectivity index (χ0) is 15.1. The number of nitriles is 1. The molecule has 106 valence electrons. The molecule has 0 saturated carbocycles. The van der Waals surface area contributed by atoms with Gasteiger partial charge in [0, 0.05) is 6.54 Å². The lowest BCUT2D eigenvalue weighted by molar-refractivity contribution is -0.130. The van der Waals surface area contributed by atoms with E-state index in [0.29, 0.717) is 6.54 Å². The van der Waals surface area contributed by atoms with Gasteiger partial charge in [0.15, 0.2) is 0 Å². The molecule has 4 heteroatoms. The van der Waals surface area contributed by atoms with E-state index < -0.39 is 5.38 Å². The first-order valence-corrected chi connectivity index (χ1v) is 7.04. The number of halogens is 1. The van der Waals surface area contributed by atoms with Gasteiger partial charge in [-0.2, -0.15) is 5.26 Å². The van der Waals surface area contributed by atoms with Crippen LogP contribution in [0.5, 0.6) is 0 Å². The highest BCUT2D eigenvalue weighted by molar-refractivity contribution is 6.30. The molecule has 2 rings (SSSR count). The van der Waals surface area contributed by atoms with E-state index in [1.165, 1.54) is 4.90 Å². The van der Waals surface area contributed by atoms with Crippen molar-refractivity contribution in [3.05, 3.63) is 71.8 Å². The summed E-state index contributed by atoms with van der Waals surface area (Å²) in [6.07, 6.45) is 0. The third-order valence-corrected chi connectivity index (χ3v) is 3.54. The van der Waals surface area contributed by atoms with Crippen LogP contribution in [-0.2, 0) is 11.3 Å². The number of alkyl halides is 1. The van der Waals surface area contributed by atoms with Crippen LogP contribution in [0, 0.1) is 11.3 Å². The van der Waals surface area contributed by atoms with Crippen molar-refractivity contribution in [2.24, 2.45) is 0 Å². The van der Waals surface area contributed by atoms with E-state index in [0.717, 1.165) is 11.1 Å². The second-order valence-corrected chi connectivity index (χ2v) is 5.05. The summed E-state index contributed by atoms with van der Waals surface area (Å²) >= 11 is 6.25. The van der Waals surface area contributed by atoms with Gasteiger partial charge in [-0.05, 0) is 11.1 Å². The minimum absolute atomic E-state index is 0.0176. The molecule has 2 aromatic rings. The molecular formula is C17H15ClN2O. The van der Waals surface area contributed by atoms with Crippen molar-refractivity contribution in [3.8, 4) is 6.07 Å². The first-order chi connectivity index (χ1) is 10.2. The molecule has 0 radical (unpaired) electrons. The lowest BCUT2D eigenvalue weighted by atomic mass is 10.1. The molecule has 1 amide bonds. The van der Waals surface area contributed by atoms with Gasteiger partial charge < -0.3 is 4.90 Å². The van der Waals surface area contributed by atoms with E-state index in [-0.39, 0.29) is 12.5 Å². The van der Waals surface area contributed by atoms with E-state index in [9.17, 15) is 4.79 Å². The molecule has 0 aliphatic carbocycles. The largest absolute Gasteiger partial charge is 0.323 e. The molecule has 0 N–H and O–H groups in total. The monoisotopic (exact) mass is 298 g/mol. The molecule has 0 aromatic heterocycles. The van der Waals surface area contributed by atoms with E-state index in [2.05, 4.69) is 0 Å². The maximum atomic E-state index is 12.5. The number of benzene rings is 2. The maximum absolute atomic E-state index is 12.5. The van der Waals surface area contributed by atoms with Crippen molar-refractivity contribution >= 4 is 17.5 Å². The quantitative estimate of drug-likeness (QED) is 0.626. The summed E-state index contributed by atoms with van der Waals surface area (Å²) in [4.78, 5) is 14.0. The molecule has 0 saturated heterocycles. The van der Waals surface area contributed by atoms with Crippen molar-refractivity contribution in [3.63, 3.8) is 0 Å². The average Bonchev–Trinajstić information content (AvgIpc) is 2.55. The Balaban J connectivity index is 2.14. The number of hydrogen-bond acceptors (Lipinski definition) is 2. The lowest BCUT2D eigenvalue weighted by Crippen LogP contribution is -2.33. The van der Waals surface area contributed by atoms with Crippen LogP contribution < -0.4 is 0 Å². The predicted octanol–water partition coefficient (Wildman–Crippen LogP) is 3.52. The van der Waals surface area contributed by atoms with Crippen LogP contribution in [-0.4, -0.2) is 17.4 Å². The molecule has 0 heterocycles. The van der Waals surface area contributed by atoms with Gasteiger partial charge in [-0.25, -0.2) is 0 Å². The van der Waals surface area contributed by atoms with Crippen LogP contribution in [0.1, 0.15) is 16.5 Å². The standard InChI is InChI=1S/C17H15ClN2O/c18-16(15-9-5-2-6-10-15)17(21)20(12-11-19)13-14-7-3-1-4-8-14/h1-10,16H,12-13H2. The summed E-state index contributed by atoms with van der Waals surface area (Å²) in [5.41, 5.74) is 1.71. The topological polar surface area (TPSA) is 44.1 Å². The Morgan fingerprint density at radius 3 is 2.24 bits per heavy atom. The third-order valence-electron chi connectivity index (χ3n) is 3.10. The van der Waals surface area contributed by atoms with Crippen LogP contribution in [0.15, 0.2) is 60.7 Å². The zero-order valence-corrected chi connectivity index (χ0v) is 12.2. The predicted molar refractivity (Wildman–Crippen MR) is 82.5 cm³/mol. The number of hydrogen-bond donors (Lipinski definition) is 0. The normalized spacial score (nSPS) is 11.4. The fourth-order valence-corrected chi connectivity index (χ4v) is 2.31. The summed E-state index contributed by atoms with van der Waals surface area (Å²) in [5, 5.41) is 8.15. The maximum Gasteiger partial charge on any atom is 0.246 e.